The molecule has 1 saturated heterocycles. The SMILES string of the molecule is COc1ccc(CN2CC3(CCC(c4ccc(F)cc4)(N(C)C)CC3)N(CC3CCC3)C2=O)cc1. The molecular formula is C29H38FN3O2. The first-order chi connectivity index (χ1) is 16.8. The van der Waals surface area contributed by atoms with Crippen LogP contribution in [-0.2, 0) is 12.1 Å². The lowest BCUT2D eigenvalue weighted by molar-refractivity contribution is 0.0158. The van der Waals surface area contributed by atoms with Crippen LogP contribution >= 0.6 is 0 Å². The van der Waals surface area contributed by atoms with Crippen LogP contribution in [0.3, 0.4) is 0 Å². The molecule has 0 radical (unpaired) electrons. The average Bonchev–Trinajstić information content (AvgIpc) is 3.08. The van der Waals surface area contributed by atoms with Crippen molar-refractivity contribution >= 4 is 6.03 Å². The number of hydrogen-bond donors (Lipinski definition) is 0. The first kappa shape index (κ1) is 24.1. The first-order valence-electron chi connectivity index (χ1n) is 13.0. The molecule has 0 N–H and O–H groups in total. The van der Waals surface area contributed by atoms with Crippen LogP contribution in [0.5, 0.6) is 5.75 Å². The van der Waals surface area contributed by atoms with Crippen molar-refractivity contribution < 1.29 is 13.9 Å². The minimum absolute atomic E-state index is 0.126. The molecule has 0 aromatic heterocycles. The summed E-state index contributed by atoms with van der Waals surface area (Å²) in [5.41, 5.74) is 2.04. The highest BCUT2D eigenvalue weighted by Crippen LogP contribution is 2.49. The molecule has 0 atom stereocenters. The molecule has 1 aliphatic heterocycles. The zero-order valence-electron chi connectivity index (χ0n) is 21.3. The molecule has 2 amide bonds. The summed E-state index contributed by atoms with van der Waals surface area (Å²) >= 11 is 0. The molecule has 6 heteroatoms. The maximum Gasteiger partial charge on any atom is 0.320 e. The molecule has 2 aliphatic carbocycles. The summed E-state index contributed by atoms with van der Waals surface area (Å²) in [5.74, 6) is 1.27. The third-order valence-corrected chi connectivity index (χ3v) is 9.00. The van der Waals surface area contributed by atoms with Crippen molar-refractivity contribution in [3.05, 3.63) is 65.5 Å². The molecule has 0 unspecified atom stereocenters. The Morgan fingerprint density at radius 1 is 1.00 bits per heavy atom. The quantitative estimate of drug-likeness (QED) is 0.516. The number of urea groups is 1. The lowest BCUT2D eigenvalue weighted by Gasteiger charge is -2.51. The fourth-order valence-corrected chi connectivity index (χ4v) is 6.47. The molecule has 1 heterocycles. The largest absolute Gasteiger partial charge is 0.497 e. The van der Waals surface area contributed by atoms with Gasteiger partial charge in [0.1, 0.15) is 11.6 Å². The van der Waals surface area contributed by atoms with E-state index >= 15 is 0 Å². The van der Waals surface area contributed by atoms with Crippen molar-refractivity contribution in [2.24, 2.45) is 5.92 Å². The number of hydrogen-bond acceptors (Lipinski definition) is 3. The Labute approximate surface area is 208 Å². The summed E-state index contributed by atoms with van der Waals surface area (Å²) in [4.78, 5) is 20.4. The molecular weight excluding hydrogens is 441 g/mol. The lowest BCUT2D eigenvalue weighted by Crippen LogP contribution is -2.56. The van der Waals surface area contributed by atoms with Gasteiger partial charge in [0.25, 0.3) is 0 Å². The maximum atomic E-state index is 13.8. The number of carbonyl (C=O) groups excluding carboxylic acids is 1. The van der Waals surface area contributed by atoms with Crippen molar-refractivity contribution in [2.75, 3.05) is 34.3 Å². The number of halogens is 1. The number of amides is 2. The Balaban J connectivity index is 1.38. The molecule has 3 aliphatic rings. The van der Waals surface area contributed by atoms with E-state index in [9.17, 15) is 9.18 Å². The van der Waals surface area contributed by atoms with Crippen LogP contribution in [-0.4, -0.2) is 60.6 Å². The van der Waals surface area contributed by atoms with Crippen LogP contribution in [0.15, 0.2) is 48.5 Å². The Bertz CT molecular complexity index is 1020. The second-order valence-electron chi connectivity index (χ2n) is 11.1. The van der Waals surface area contributed by atoms with Gasteiger partial charge in [-0.25, -0.2) is 9.18 Å². The molecule has 0 bridgehead atoms. The standard InChI is InChI=1S/C29H38FN3O2/c1-31(2)29(24-9-11-25(30)12-10-24)17-15-28(16-18-29)21-32(19-23-7-13-26(35-3)14-8-23)27(34)33(28)20-22-5-4-6-22/h7-14,22H,4-6,15-21H2,1-3H3. The van der Waals surface area contributed by atoms with Gasteiger partial charge in [0.05, 0.1) is 12.6 Å². The molecule has 1 spiro atoms. The normalized spacial score (nSPS) is 27.1. The predicted octanol–water partition coefficient (Wildman–Crippen LogP) is 5.64. The predicted molar refractivity (Wildman–Crippen MR) is 136 cm³/mol. The Morgan fingerprint density at radius 2 is 1.66 bits per heavy atom. The molecule has 2 aromatic rings. The van der Waals surface area contributed by atoms with E-state index in [1.54, 1.807) is 19.2 Å². The van der Waals surface area contributed by atoms with Gasteiger partial charge in [0.15, 0.2) is 0 Å². The van der Waals surface area contributed by atoms with E-state index in [1.807, 2.05) is 24.3 Å². The molecule has 3 fully saturated rings. The van der Waals surface area contributed by atoms with E-state index in [0.717, 1.165) is 50.1 Å². The van der Waals surface area contributed by atoms with E-state index in [4.69, 9.17) is 4.74 Å². The monoisotopic (exact) mass is 479 g/mol. The zero-order chi connectivity index (χ0) is 24.6. The maximum absolute atomic E-state index is 13.8. The Hall–Kier alpha value is -2.60. The van der Waals surface area contributed by atoms with Crippen LogP contribution < -0.4 is 4.74 Å². The number of ether oxygens (including phenoxy) is 1. The van der Waals surface area contributed by atoms with E-state index in [-0.39, 0.29) is 22.9 Å². The van der Waals surface area contributed by atoms with Crippen molar-refractivity contribution in [3.8, 4) is 5.75 Å². The second-order valence-corrected chi connectivity index (χ2v) is 11.1. The summed E-state index contributed by atoms with van der Waals surface area (Å²) in [6.07, 6.45) is 7.57. The van der Waals surface area contributed by atoms with Crippen molar-refractivity contribution in [1.82, 2.24) is 14.7 Å². The minimum Gasteiger partial charge on any atom is -0.497 e. The van der Waals surface area contributed by atoms with Crippen LogP contribution in [0, 0.1) is 11.7 Å². The van der Waals surface area contributed by atoms with Gasteiger partial charge < -0.3 is 14.5 Å². The van der Waals surface area contributed by atoms with E-state index in [2.05, 4.69) is 40.9 Å². The molecule has 2 saturated carbocycles. The van der Waals surface area contributed by atoms with Crippen molar-refractivity contribution in [3.63, 3.8) is 0 Å². The Morgan fingerprint density at radius 3 is 2.20 bits per heavy atom. The minimum atomic E-state index is -0.197. The summed E-state index contributed by atoms with van der Waals surface area (Å²) in [7, 11) is 5.93. The summed E-state index contributed by atoms with van der Waals surface area (Å²) in [5, 5.41) is 0. The number of benzene rings is 2. The van der Waals surface area contributed by atoms with Crippen LogP contribution in [0.2, 0.25) is 0 Å². The third-order valence-electron chi connectivity index (χ3n) is 9.00. The highest BCUT2D eigenvalue weighted by Gasteiger charge is 2.54. The van der Waals surface area contributed by atoms with E-state index < -0.39 is 0 Å². The van der Waals surface area contributed by atoms with Gasteiger partial charge in [0, 0.05) is 25.2 Å². The zero-order valence-corrected chi connectivity index (χ0v) is 21.3. The average molecular weight is 480 g/mol. The second kappa shape index (κ2) is 9.45. The molecule has 5 nitrogen and oxygen atoms in total. The van der Waals surface area contributed by atoms with Gasteiger partial charge in [-0.3, -0.25) is 4.90 Å². The van der Waals surface area contributed by atoms with Gasteiger partial charge in [-0.1, -0.05) is 30.7 Å². The van der Waals surface area contributed by atoms with Gasteiger partial charge >= 0.3 is 6.03 Å². The number of nitrogens with zero attached hydrogens (tertiary/aromatic N) is 3. The summed E-state index contributed by atoms with van der Waals surface area (Å²) in [6, 6.07) is 15.3. The van der Waals surface area contributed by atoms with Gasteiger partial charge in [-0.05, 0) is 93.9 Å². The van der Waals surface area contributed by atoms with Gasteiger partial charge in [-0.15, -0.1) is 0 Å². The molecule has 35 heavy (non-hydrogen) atoms. The summed E-state index contributed by atoms with van der Waals surface area (Å²) < 4.78 is 19.0. The van der Waals surface area contributed by atoms with Gasteiger partial charge in [0.2, 0.25) is 0 Å². The number of carbonyl (C=O) groups is 1. The lowest BCUT2D eigenvalue weighted by atomic mass is 9.68. The third kappa shape index (κ3) is 4.42. The first-order valence-corrected chi connectivity index (χ1v) is 13.0. The van der Waals surface area contributed by atoms with E-state index in [0.29, 0.717) is 12.5 Å². The molecule has 188 valence electrons. The highest BCUT2D eigenvalue weighted by atomic mass is 19.1. The van der Waals surface area contributed by atoms with E-state index in [1.165, 1.54) is 24.8 Å². The van der Waals surface area contributed by atoms with Crippen molar-refractivity contribution in [1.29, 1.82) is 0 Å². The fourth-order valence-electron chi connectivity index (χ4n) is 6.47. The van der Waals surface area contributed by atoms with Crippen LogP contribution in [0.4, 0.5) is 9.18 Å². The fraction of sp³-hybridized carbons (Fsp3) is 0.552. The number of methoxy groups -OCH3 is 1. The summed E-state index contributed by atoms with van der Waals surface area (Å²) in [6.45, 7) is 2.28. The highest BCUT2D eigenvalue weighted by molar-refractivity contribution is 5.78. The topological polar surface area (TPSA) is 36.0 Å². The Kier molecular flexibility index (Phi) is 6.51. The number of rotatable bonds is 7. The van der Waals surface area contributed by atoms with Crippen LogP contribution in [0.25, 0.3) is 0 Å². The van der Waals surface area contributed by atoms with Gasteiger partial charge in [-0.2, -0.15) is 0 Å². The molecule has 2 aromatic carbocycles. The van der Waals surface area contributed by atoms with Crippen molar-refractivity contribution in [2.45, 2.75) is 62.6 Å². The smallest absolute Gasteiger partial charge is 0.320 e. The van der Waals surface area contributed by atoms with Crippen LogP contribution in [0.1, 0.15) is 56.1 Å². The molecule has 5 rings (SSSR count).